The highest BCUT2D eigenvalue weighted by atomic mass is 16.5. The number of carbonyl (C=O) groups excluding carboxylic acids is 2. The molecule has 2 aromatic rings. The molecule has 0 amide bonds. The molecule has 0 saturated heterocycles. The summed E-state index contributed by atoms with van der Waals surface area (Å²) in [5.74, 6) is -0.847. The standard InChI is InChI=1S/C17H15NO3/c1-2-21-16(20)17(12-8-4-3-5-9-12)15(19)13-10-6-7-11-14(13)18-17/h3-11,18H,2H2,1H3. The van der Waals surface area contributed by atoms with E-state index in [4.69, 9.17) is 4.74 Å². The van der Waals surface area contributed by atoms with Gasteiger partial charge in [0.15, 0.2) is 0 Å². The zero-order valence-electron chi connectivity index (χ0n) is 11.6. The van der Waals surface area contributed by atoms with Gasteiger partial charge in [-0.25, -0.2) is 4.79 Å². The van der Waals surface area contributed by atoms with E-state index in [-0.39, 0.29) is 12.4 Å². The van der Waals surface area contributed by atoms with Gasteiger partial charge in [0.25, 0.3) is 0 Å². The molecular formula is C17H15NO3. The first-order chi connectivity index (χ1) is 10.2. The van der Waals surface area contributed by atoms with Gasteiger partial charge < -0.3 is 10.1 Å². The summed E-state index contributed by atoms with van der Waals surface area (Å²) in [7, 11) is 0. The maximum absolute atomic E-state index is 12.9. The molecule has 0 fully saturated rings. The number of ether oxygens (including phenoxy) is 1. The monoisotopic (exact) mass is 281 g/mol. The van der Waals surface area contributed by atoms with Crippen molar-refractivity contribution in [1.82, 2.24) is 0 Å². The average Bonchev–Trinajstić information content (AvgIpc) is 2.83. The summed E-state index contributed by atoms with van der Waals surface area (Å²) in [6.07, 6.45) is 0. The highest BCUT2D eigenvalue weighted by Crippen LogP contribution is 2.40. The van der Waals surface area contributed by atoms with E-state index in [9.17, 15) is 9.59 Å². The van der Waals surface area contributed by atoms with Crippen LogP contribution in [0.25, 0.3) is 0 Å². The number of para-hydroxylation sites is 1. The number of hydrogen-bond acceptors (Lipinski definition) is 4. The van der Waals surface area contributed by atoms with Gasteiger partial charge in [-0.15, -0.1) is 0 Å². The fourth-order valence-corrected chi connectivity index (χ4v) is 2.64. The van der Waals surface area contributed by atoms with Crippen LogP contribution in [0.3, 0.4) is 0 Å². The van der Waals surface area contributed by atoms with Crippen LogP contribution in [-0.4, -0.2) is 18.4 Å². The van der Waals surface area contributed by atoms with Crippen LogP contribution in [0, 0.1) is 0 Å². The lowest BCUT2D eigenvalue weighted by Crippen LogP contribution is -2.47. The van der Waals surface area contributed by atoms with E-state index in [2.05, 4.69) is 5.32 Å². The molecule has 1 atom stereocenters. The summed E-state index contributed by atoms with van der Waals surface area (Å²) < 4.78 is 5.16. The number of Topliss-reactive ketones (excluding diaryl/α,β-unsaturated/α-hetero) is 1. The van der Waals surface area contributed by atoms with Crippen molar-refractivity contribution < 1.29 is 14.3 Å². The van der Waals surface area contributed by atoms with Gasteiger partial charge in [0.2, 0.25) is 11.3 Å². The number of rotatable bonds is 3. The first-order valence-electron chi connectivity index (χ1n) is 6.85. The molecule has 1 aliphatic rings. The van der Waals surface area contributed by atoms with Gasteiger partial charge in [0.05, 0.1) is 6.61 Å². The van der Waals surface area contributed by atoms with Crippen molar-refractivity contribution in [2.45, 2.75) is 12.5 Å². The van der Waals surface area contributed by atoms with Crippen LogP contribution in [0.15, 0.2) is 54.6 Å². The number of ketones is 1. The van der Waals surface area contributed by atoms with Gasteiger partial charge in [0, 0.05) is 11.3 Å². The molecule has 0 saturated carbocycles. The quantitative estimate of drug-likeness (QED) is 0.694. The minimum atomic E-state index is -1.49. The van der Waals surface area contributed by atoms with Crippen molar-refractivity contribution in [2.24, 2.45) is 0 Å². The van der Waals surface area contributed by atoms with Crippen molar-refractivity contribution in [3.05, 3.63) is 65.7 Å². The topological polar surface area (TPSA) is 55.4 Å². The summed E-state index contributed by atoms with van der Waals surface area (Å²) in [6, 6.07) is 16.1. The van der Waals surface area contributed by atoms with Crippen molar-refractivity contribution in [2.75, 3.05) is 11.9 Å². The van der Waals surface area contributed by atoms with E-state index in [0.717, 1.165) is 0 Å². The van der Waals surface area contributed by atoms with Crippen molar-refractivity contribution in [1.29, 1.82) is 0 Å². The molecule has 0 spiro atoms. The number of benzene rings is 2. The van der Waals surface area contributed by atoms with Crippen LogP contribution in [0.4, 0.5) is 5.69 Å². The summed E-state index contributed by atoms with van der Waals surface area (Å²) in [5, 5.41) is 3.07. The van der Waals surface area contributed by atoms with Gasteiger partial charge >= 0.3 is 5.97 Å². The molecule has 106 valence electrons. The number of carbonyl (C=O) groups is 2. The second-order valence-electron chi connectivity index (χ2n) is 4.84. The third-order valence-corrected chi connectivity index (χ3v) is 3.62. The molecule has 21 heavy (non-hydrogen) atoms. The molecule has 1 N–H and O–H groups in total. The molecule has 0 aromatic heterocycles. The van der Waals surface area contributed by atoms with E-state index in [1.807, 2.05) is 12.1 Å². The fourth-order valence-electron chi connectivity index (χ4n) is 2.64. The highest BCUT2D eigenvalue weighted by Gasteiger charge is 2.54. The fraction of sp³-hybridized carbons (Fsp3) is 0.176. The Hall–Kier alpha value is -2.62. The lowest BCUT2D eigenvalue weighted by molar-refractivity contribution is -0.146. The zero-order valence-corrected chi connectivity index (χ0v) is 11.6. The van der Waals surface area contributed by atoms with E-state index in [1.165, 1.54) is 0 Å². The Kier molecular flexibility index (Phi) is 3.22. The van der Waals surface area contributed by atoms with Crippen LogP contribution >= 0.6 is 0 Å². The Morgan fingerprint density at radius 3 is 2.43 bits per heavy atom. The van der Waals surface area contributed by atoms with Crippen LogP contribution in [0.5, 0.6) is 0 Å². The van der Waals surface area contributed by atoms with Crippen molar-refractivity contribution >= 4 is 17.4 Å². The predicted molar refractivity (Wildman–Crippen MR) is 79.1 cm³/mol. The van der Waals surface area contributed by atoms with Gasteiger partial charge in [-0.2, -0.15) is 0 Å². The highest BCUT2D eigenvalue weighted by molar-refractivity contribution is 6.24. The smallest absolute Gasteiger partial charge is 0.344 e. The minimum Gasteiger partial charge on any atom is -0.464 e. The molecule has 3 rings (SSSR count). The van der Waals surface area contributed by atoms with Crippen molar-refractivity contribution in [3.63, 3.8) is 0 Å². The second-order valence-corrected chi connectivity index (χ2v) is 4.84. The van der Waals surface area contributed by atoms with Gasteiger partial charge in [-0.3, -0.25) is 4.79 Å². The van der Waals surface area contributed by atoms with Gasteiger partial charge in [-0.1, -0.05) is 42.5 Å². The maximum Gasteiger partial charge on any atom is 0.344 e. The number of esters is 1. The van der Waals surface area contributed by atoms with E-state index >= 15 is 0 Å². The molecule has 4 nitrogen and oxygen atoms in total. The van der Waals surface area contributed by atoms with Crippen LogP contribution in [0.2, 0.25) is 0 Å². The summed E-state index contributed by atoms with van der Waals surface area (Å²) in [6.45, 7) is 1.95. The summed E-state index contributed by atoms with van der Waals surface area (Å²) in [5.41, 5.74) is 0.263. The maximum atomic E-state index is 12.9. The molecule has 1 unspecified atom stereocenters. The molecule has 0 bridgehead atoms. The van der Waals surface area contributed by atoms with E-state index in [0.29, 0.717) is 16.8 Å². The minimum absolute atomic E-state index is 0.221. The second kappa shape index (κ2) is 5.05. The number of nitrogens with one attached hydrogen (secondary N) is 1. The molecule has 0 radical (unpaired) electrons. The normalized spacial score (nSPS) is 19.8. The number of anilines is 1. The lowest BCUT2D eigenvalue weighted by Gasteiger charge is -2.26. The predicted octanol–water partition coefficient (Wildman–Crippen LogP) is 2.75. The molecule has 4 heteroatoms. The Labute approximate surface area is 122 Å². The van der Waals surface area contributed by atoms with Crippen LogP contribution in [-0.2, 0) is 15.1 Å². The third-order valence-electron chi connectivity index (χ3n) is 3.62. The van der Waals surface area contributed by atoms with E-state index in [1.54, 1.807) is 49.4 Å². The summed E-state index contributed by atoms with van der Waals surface area (Å²) >= 11 is 0. The number of fused-ring (bicyclic) bond motifs is 1. The average molecular weight is 281 g/mol. The third kappa shape index (κ3) is 1.91. The lowest BCUT2D eigenvalue weighted by atomic mass is 9.86. The Bertz CT molecular complexity index is 696. The van der Waals surface area contributed by atoms with Crippen molar-refractivity contribution in [3.8, 4) is 0 Å². The zero-order chi connectivity index (χ0) is 14.9. The summed E-state index contributed by atoms with van der Waals surface area (Å²) in [4.78, 5) is 25.4. The molecule has 1 heterocycles. The van der Waals surface area contributed by atoms with Crippen LogP contribution < -0.4 is 5.32 Å². The molecule has 1 aliphatic heterocycles. The number of hydrogen-bond donors (Lipinski definition) is 1. The van der Waals surface area contributed by atoms with Crippen LogP contribution in [0.1, 0.15) is 22.8 Å². The first-order valence-corrected chi connectivity index (χ1v) is 6.85. The van der Waals surface area contributed by atoms with Gasteiger partial charge in [0.1, 0.15) is 0 Å². The Morgan fingerprint density at radius 1 is 1.10 bits per heavy atom. The van der Waals surface area contributed by atoms with E-state index < -0.39 is 11.5 Å². The largest absolute Gasteiger partial charge is 0.464 e. The molecule has 2 aromatic carbocycles. The Balaban J connectivity index is 2.17. The van der Waals surface area contributed by atoms with Gasteiger partial charge in [-0.05, 0) is 24.6 Å². The SMILES string of the molecule is CCOC(=O)C1(c2ccccc2)Nc2ccccc2C1=O. The Morgan fingerprint density at radius 2 is 1.76 bits per heavy atom. The molecule has 0 aliphatic carbocycles. The molecular weight excluding hydrogens is 266 g/mol. The first kappa shape index (κ1) is 13.4.